The summed E-state index contributed by atoms with van der Waals surface area (Å²) in [6.45, 7) is -0.422. The van der Waals surface area contributed by atoms with Crippen molar-refractivity contribution in [3.63, 3.8) is 0 Å². The van der Waals surface area contributed by atoms with Gasteiger partial charge in [-0.25, -0.2) is 9.18 Å². The van der Waals surface area contributed by atoms with Gasteiger partial charge >= 0.3 is 5.97 Å². The third-order valence-electron chi connectivity index (χ3n) is 3.68. The average Bonchev–Trinajstić information content (AvgIpc) is 3.00. The molecule has 0 atom stereocenters. The van der Waals surface area contributed by atoms with Crippen molar-refractivity contribution >= 4 is 50.6 Å². The summed E-state index contributed by atoms with van der Waals surface area (Å²) in [7, 11) is 1.46. The van der Waals surface area contributed by atoms with Gasteiger partial charge in [0.1, 0.15) is 10.7 Å². The van der Waals surface area contributed by atoms with E-state index in [0.29, 0.717) is 26.4 Å². The van der Waals surface area contributed by atoms with Crippen molar-refractivity contribution in [3.05, 3.63) is 63.7 Å². The lowest BCUT2D eigenvalue weighted by Crippen LogP contribution is -2.21. The molecule has 3 rings (SSSR count). The van der Waals surface area contributed by atoms with Gasteiger partial charge in [0.05, 0.1) is 6.61 Å². The topological polar surface area (TPSA) is 64.6 Å². The first kappa shape index (κ1) is 19.3. The van der Waals surface area contributed by atoms with E-state index < -0.39 is 24.3 Å². The second-order valence-electron chi connectivity index (χ2n) is 5.59. The lowest BCUT2D eigenvalue weighted by Gasteiger charge is -2.07. The molecule has 0 aliphatic carbocycles. The number of hydrogen-bond donors (Lipinski definition) is 1. The highest BCUT2D eigenvalue weighted by Crippen LogP contribution is 2.34. The Kier molecular flexibility index (Phi) is 6.05. The summed E-state index contributed by atoms with van der Waals surface area (Å²) in [5.41, 5.74) is 0.906. The summed E-state index contributed by atoms with van der Waals surface area (Å²) in [6, 6.07) is 11.2. The second kappa shape index (κ2) is 8.47. The molecule has 0 saturated carbocycles. The van der Waals surface area contributed by atoms with Crippen molar-refractivity contribution in [2.24, 2.45) is 0 Å². The van der Waals surface area contributed by atoms with E-state index in [9.17, 15) is 14.0 Å². The van der Waals surface area contributed by atoms with E-state index in [2.05, 4.69) is 5.32 Å². The molecular weight excluding hydrogens is 393 g/mol. The van der Waals surface area contributed by atoms with Gasteiger partial charge in [-0.15, -0.1) is 11.3 Å². The quantitative estimate of drug-likeness (QED) is 0.605. The molecule has 0 unspecified atom stereocenters. The molecule has 1 amide bonds. The van der Waals surface area contributed by atoms with Crippen LogP contribution in [-0.4, -0.2) is 25.6 Å². The molecule has 1 aromatic heterocycles. The fourth-order valence-electron chi connectivity index (χ4n) is 2.57. The number of fused-ring (bicyclic) bond motifs is 1. The zero-order chi connectivity index (χ0) is 19.4. The predicted octanol–water partition coefficient (Wildman–Crippen LogP) is 4.64. The van der Waals surface area contributed by atoms with Crippen molar-refractivity contribution in [1.82, 2.24) is 0 Å². The third kappa shape index (κ3) is 4.44. The van der Waals surface area contributed by atoms with Gasteiger partial charge in [0.2, 0.25) is 0 Å². The van der Waals surface area contributed by atoms with E-state index in [1.165, 1.54) is 13.2 Å². The number of carbonyl (C=O) groups excluding carboxylic acids is 2. The summed E-state index contributed by atoms with van der Waals surface area (Å²) in [5, 5.41) is 3.39. The largest absolute Gasteiger partial charge is 0.451 e. The van der Waals surface area contributed by atoms with Crippen molar-refractivity contribution < 1.29 is 23.5 Å². The molecule has 1 N–H and O–H groups in total. The van der Waals surface area contributed by atoms with Crippen LogP contribution in [0.2, 0.25) is 5.02 Å². The first-order chi connectivity index (χ1) is 13.0. The van der Waals surface area contributed by atoms with Gasteiger partial charge < -0.3 is 14.8 Å². The third-order valence-corrected chi connectivity index (χ3v) is 5.09. The van der Waals surface area contributed by atoms with Crippen LogP contribution < -0.4 is 5.32 Å². The number of anilines is 1. The number of thiophene rings is 1. The maximum atomic E-state index is 14.2. The Morgan fingerprint density at radius 2 is 2.00 bits per heavy atom. The average molecular weight is 408 g/mol. The fraction of sp³-hybridized carbons (Fsp3) is 0.158. The highest BCUT2D eigenvalue weighted by molar-refractivity contribution is 7.21. The van der Waals surface area contributed by atoms with Gasteiger partial charge in [0, 0.05) is 33.5 Å². The number of methoxy groups -OCH3 is 1. The first-order valence-electron chi connectivity index (χ1n) is 7.91. The molecule has 5 nitrogen and oxygen atoms in total. The van der Waals surface area contributed by atoms with Crippen LogP contribution in [0, 0.1) is 5.82 Å². The summed E-state index contributed by atoms with van der Waals surface area (Å²) in [6.07, 6.45) is 0. The first-order valence-corrected chi connectivity index (χ1v) is 9.10. The Hall–Kier alpha value is -2.48. The number of hydrogen-bond acceptors (Lipinski definition) is 5. The SMILES string of the molecule is COCc1c(C(=O)OCC(=O)Nc2cccc(Cl)c2)sc2cccc(F)c12. The molecule has 2 aromatic carbocycles. The normalized spacial score (nSPS) is 10.8. The van der Waals surface area contributed by atoms with Crippen LogP contribution in [0.3, 0.4) is 0 Å². The molecule has 140 valence electrons. The molecule has 0 bridgehead atoms. The van der Waals surface area contributed by atoms with Crippen LogP contribution in [0.15, 0.2) is 42.5 Å². The number of carbonyl (C=O) groups is 2. The Bertz CT molecular complexity index is 1000. The van der Waals surface area contributed by atoms with Crippen LogP contribution in [0.4, 0.5) is 10.1 Å². The van der Waals surface area contributed by atoms with Gasteiger partial charge in [-0.05, 0) is 30.3 Å². The lowest BCUT2D eigenvalue weighted by molar-refractivity contribution is -0.119. The molecule has 0 spiro atoms. The van der Waals surface area contributed by atoms with E-state index >= 15 is 0 Å². The number of rotatable bonds is 6. The summed E-state index contributed by atoms with van der Waals surface area (Å²) in [5.74, 6) is -1.65. The molecule has 0 fully saturated rings. The molecule has 0 saturated heterocycles. The number of amides is 1. The summed E-state index contributed by atoms with van der Waals surface area (Å²) in [4.78, 5) is 24.6. The maximum Gasteiger partial charge on any atom is 0.349 e. The molecule has 0 aliphatic heterocycles. The highest BCUT2D eigenvalue weighted by atomic mass is 35.5. The van der Waals surface area contributed by atoms with Crippen molar-refractivity contribution in [2.75, 3.05) is 19.0 Å². The Morgan fingerprint density at radius 1 is 1.22 bits per heavy atom. The predicted molar refractivity (Wildman–Crippen MR) is 103 cm³/mol. The van der Waals surface area contributed by atoms with Gasteiger partial charge in [-0.1, -0.05) is 23.7 Å². The smallest absolute Gasteiger partial charge is 0.349 e. The molecular formula is C19H15ClFNO4S. The van der Waals surface area contributed by atoms with Crippen molar-refractivity contribution in [1.29, 1.82) is 0 Å². The van der Waals surface area contributed by atoms with E-state index in [4.69, 9.17) is 21.1 Å². The van der Waals surface area contributed by atoms with Crippen LogP contribution in [0.25, 0.3) is 10.1 Å². The zero-order valence-electron chi connectivity index (χ0n) is 14.3. The van der Waals surface area contributed by atoms with Crippen LogP contribution in [0.1, 0.15) is 15.2 Å². The molecule has 27 heavy (non-hydrogen) atoms. The molecule has 8 heteroatoms. The number of benzene rings is 2. The number of halogens is 2. The minimum atomic E-state index is -0.705. The van der Waals surface area contributed by atoms with Crippen LogP contribution >= 0.6 is 22.9 Å². The minimum absolute atomic E-state index is 0.0556. The standard InChI is InChI=1S/C19H15ClFNO4S/c1-25-9-13-17-14(21)6-3-7-15(17)27-18(13)19(24)26-10-16(23)22-12-5-2-4-11(20)8-12/h2-8H,9-10H2,1H3,(H,22,23). The van der Waals surface area contributed by atoms with Crippen LogP contribution in [0.5, 0.6) is 0 Å². The molecule has 3 aromatic rings. The molecule has 0 radical (unpaired) electrons. The van der Waals surface area contributed by atoms with Gasteiger partial charge in [0.15, 0.2) is 6.61 Å². The van der Waals surface area contributed by atoms with E-state index in [1.807, 2.05) is 0 Å². The summed E-state index contributed by atoms with van der Waals surface area (Å²) < 4.78 is 25.0. The highest BCUT2D eigenvalue weighted by Gasteiger charge is 2.22. The van der Waals surface area contributed by atoms with Gasteiger partial charge in [-0.2, -0.15) is 0 Å². The second-order valence-corrected chi connectivity index (χ2v) is 7.08. The zero-order valence-corrected chi connectivity index (χ0v) is 15.8. The Labute approximate surface area is 163 Å². The Balaban J connectivity index is 1.73. The lowest BCUT2D eigenvalue weighted by atomic mass is 10.1. The van der Waals surface area contributed by atoms with Crippen molar-refractivity contribution in [3.8, 4) is 0 Å². The maximum absolute atomic E-state index is 14.2. The fourth-order valence-corrected chi connectivity index (χ4v) is 3.88. The summed E-state index contributed by atoms with van der Waals surface area (Å²) >= 11 is 6.96. The number of nitrogens with one attached hydrogen (secondary N) is 1. The van der Waals surface area contributed by atoms with E-state index in [1.54, 1.807) is 36.4 Å². The molecule has 1 heterocycles. The monoisotopic (exact) mass is 407 g/mol. The van der Waals surface area contributed by atoms with Gasteiger partial charge in [0.25, 0.3) is 5.91 Å². The number of esters is 1. The van der Waals surface area contributed by atoms with Crippen molar-refractivity contribution in [2.45, 2.75) is 6.61 Å². The molecule has 0 aliphatic rings. The van der Waals surface area contributed by atoms with E-state index in [-0.39, 0.29) is 11.5 Å². The van der Waals surface area contributed by atoms with Crippen LogP contribution in [-0.2, 0) is 20.9 Å². The minimum Gasteiger partial charge on any atom is -0.451 e. The number of ether oxygens (including phenoxy) is 2. The van der Waals surface area contributed by atoms with Gasteiger partial charge in [-0.3, -0.25) is 4.79 Å². The Morgan fingerprint density at radius 3 is 2.74 bits per heavy atom. The van der Waals surface area contributed by atoms with E-state index in [0.717, 1.165) is 11.3 Å².